The molecule has 0 atom stereocenters. The lowest BCUT2D eigenvalue weighted by molar-refractivity contribution is 0.628. The normalized spacial score (nSPS) is 11.2. The zero-order valence-electron chi connectivity index (χ0n) is 11.9. The van der Waals surface area contributed by atoms with Gasteiger partial charge in [-0.15, -0.1) is 0 Å². The third kappa shape index (κ3) is 3.72. The molecule has 0 saturated carbocycles. The molecule has 0 radical (unpaired) electrons. The van der Waals surface area contributed by atoms with Gasteiger partial charge in [0.2, 0.25) is 4.77 Å². The Morgan fingerprint density at radius 1 is 1.17 bits per heavy atom. The number of hydrogen-bond acceptors (Lipinski definition) is 3. The minimum absolute atomic E-state index is 0.286. The molecule has 0 aliphatic heterocycles. The van der Waals surface area contributed by atoms with E-state index in [1.807, 2.05) is 24.3 Å². The minimum atomic E-state index is -0.286. The first-order valence-electron chi connectivity index (χ1n) is 6.81. The molecule has 4 nitrogen and oxygen atoms in total. The standard InChI is InChI=1S/C16H12ClFN4S/c17-15-4-2-1-3-13(15)10-21-16(23)22(11-20-21)19-9-12-5-7-14(18)8-6-12/h1-9,11H,10H2/b19-9+. The van der Waals surface area contributed by atoms with Gasteiger partial charge in [0.1, 0.15) is 12.1 Å². The van der Waals surface area contributed by atoms with E-state index < -0.39 is 0 Å². The number of halogens is 2. The van der Waals surface area contributed by atoms with E-state index in [4.69, 9.17) is 23.8 Å². The summed E-state index contributed by atoms with van der Waals surface area (Å²) < 4.78 is 16.4. The first kappa shape index (κ1) is 15.6. The zero-order valence-corrected chi connectivity index (χ0v) is 13.5. The molecule has 0 amide bonds. The maximum absolute atomic E-state index is 12.9. The number of rotatable bonds is 4. The number of nitrogens with zero attached hydrogens (tertiary/aromatic N) is 4. The summed E-state index contributed by atoms with van der Waals surface area (Å²) in [5, 5.41) is 9.13. The topological polar surface area (TPSA) is 35.1 Å². The number of benzene rings is 2. The van der Waals surface area contributed by atoms with Crippen LogP contribution in [0.15, 0.2) is 60.0 Å². The van der Waals surface area contributed by atoms with Crippen molar-refractivity contribution in [2.24, 2.45) is 5.10 Å². The second kappa shape index (κ2) is 6.85. The summed E-state index contributed by atoms with van der Waals surface area (Å²) in [5.41, 5.74) is 1.70. The van der Waals surface area contributed by atoms with E-state index in [1.54, 1.807) is 23.0 Å². The highest BCUT2D eigenvalue weighted by atomic mass is 35.5. The van der Waals surface area contributed by atoms with Crippen LogP contribution < -0.4 is 0 Å². The third-order valence-electron chi connectivity index (χ3n) is 3.20. The molecule has 3 rings (SSSR count). The Kier molecular flexibility index (Phi) is 4.64. The first-order chi connectivity index (χ1) is 11.1. The average molecular weight is 347 g/mol. The quantitative estimate of drug-likeness (QED) is 0.525. The van der Waals surface area contributed by atoms with Crippen molar-refractivity contribution >= 4 is 30.0 Å². The van der Waals surface area contributed by atoms with Gasteiger partial charge in [-0.1, -0.05) is 41.9 Å². The van der Waals surface area contributed by atoms with Crippen LogP contribution in [0.3, 0.4) is 0 Å². The number of aromatic nitrogens is 3. The van der Waals surface area contributed by atoms with Gasteiger partial charge < -0.3 is 0 Å². The lowest BCUT2D eigenvalue weighted by Gasteiger charge is -2.03. The number of hydrogen-bond donors (Lipinski definition) is 0. The van der Waals surface area contributed by atoms with E-state index in [0.29, 0.717) is 16.3 Å². The van der Waals surface area contributed by atoms with Gasteiger partial charge in [0.05, 0.1) is 12.8 Å². The van der Waals surface area contributed by atoms with Crippen LogP contribution in [-0.2, 0) is 6.54 Å². The van der Waals surface area contributed by atoms with Crippen LogP contribution >= 0.6 is 23.8 Å². The predicted molar refractivity (Wildman–Crippen MR) is 91.0 cm³/mol. The summed E-state index contributed by atoms with van der Waals surface area (Å²) in [6.07, 6.45) is 3.12. The molecule has 3 aromatic rings. The highest BCUT2D eigenvalue weighted by Gasteiger charge is 2.04. The molecule has 116 valence electrons. The maximum atomic E-state index is 12.9. The van der Waals surface area contributed by atoms with Crippen molar-refractivity contribution < 1.29 is 4.39 Å². The third-order valence-corrected chi connectivity index (χ3v) is 3.96. The SMILES string of the molecule is Fc1ccc(/C=N/n2cnn(Cc3ccccc3Cl)c2=S)cc1. The minimum Gasteiger partial charge on any atom is -0.232 e. The lowest BCUT2D eigenvalue weighted by Crippen LogP contribution is -2.03. The van der Waals surface area contributed by atoms with E-state index in [-0.39, 0.29) is 5.82 Å². The molecule has 0 saturated heterocycles. The molecule has 0 aliphatic rings. The lowest BCUT2D eigenvalue weighted by atomic mass is 10.2. The van der Waals surface area contributed by atoms with E-state index in [9.17, 15) is 4.39 Å². The van der Waals surface area contributed by atoms with Gasteiger partial charge in [-0.3, -0.25) is 0 Å². The van der Waals surface area contributed by atoms with Gasteiger partial charge in [0, 0.05) is 5.02 Å². The second-order valence-corrected chi connectivity index (χ2v) is 5.58. The van der Waals surface area contributed by atoms with Crippen LogP contribution in [0.1, 0.15) is 11.1 Å². The average Bonchev–Trinajstić information content (AvgIpc) is 2.90. The molecule has 7 heteroatoms. The fourth-order valence-electron chi connectivity index (χ4n) is 1.98. The molecule has 0 spiro atoms. The highest BCUT2D eigenvalue weighted by molar-refractivity contribution is 7.71. The van der Waals surface area contributed by atoms with E-state index in [0.717, 1.165) is 11.1 Å². The van der Waals surface area contributed by atoms with Gasteiger partial charge in [0.25, 0.3) is 0 Å². The second-order valence-electron chi connectivity index (χ2n) is 4.80. The first-order valence-corrected chi connectivity index (χ1v) is 7.60. The van der Waals surface area contributed by atoms with E-state index in [2.05, 4.69) is 10.2 Å². The molecule has 0 unspecified atom stereocenters. The Balaban J connectivity index is 1.81. The van der Waals surface area contributed by atoms with Gasteiger partial charge in [-0.2, -0.15) is 14.9 Å². The molecule has 1 aromatic heterocycles. The fourth-order valence-corrected chi connectivity index (χ4v) is 2.38. The highest BCUT2D eigenvalue weighted by Crippen LogP contribution is 2.16. The van der Waals surface area contributed by atoms with Crippen molar-refractivity contribution in [2.45, 2.75) is 6.54 Å². The van der Waals surface area contributed by atoms with Crippen LogP contribution in [0.25, 0.3) is 0 Å². The summed E-state index contributed by atoms with van der Waals surface area (Å²) in [4.78, 5) is 0. The van der Waals surface area contributed by atoms with E-state index >= 15 is 0 Å². The molecule has 1 heterocycles. The summed E-state index contributed by atoms with van der Waals surface area (Å²) >= 11 is 11.5. The van der Waals surface area contributed by atoms with Crippen molar-refractivity contribution in [3.8, 4) is 0 Å². The van der Waals surface area contributed by atoms with Gasteiger partial charge >= 0.3 is 0 Å². The molecular weight excluding hydrogens is 335 g/mol. The van der Waals surface area contributed by atoms with Crippen molar-refractivity contribution in [1.82, 2.24) is 14.5 Å². The van der Waals surface area contributed by atoms with Crippen molar-refractivity contribution in [1.29, 1.82) is 0 Å². The summed E-state index contributed by atoms with van der Waals surface area (Å²) in [7, 11) is 0. The maximum Gasteiger partial charge on any atom is 0.219 e. The van der Waals surface area contributed by atoms with Crippen molar-refractivity contribution in [3.63, 3.8) is 0 Å². The molecule has 0 fully saturated rings. The Labute approximate surface area is 142 Å². The molecule has 0 aliphatic carbocycles. The van der Waals surface area contributed by atoms with Gasteiger partial charge in [-0.05, 0) is 41.5 Å². The smallest absolute Gasteiger partial charge is 0.219 e. The van der Waals surface area contributed by atoms with Gasteiger partial charge in [0.15, 0.2) is 0 Å². The van der Waals surface area contributed by atoms with Crippen LogP contribution in [0, 0.1) is 10.6 Å². The summed E-state index contributed by atoms with van der Waals surface area (Å²) in [6.45, 7) is 0.470. The Bertz CT molecular complexity index is 899. The van der Waals surface area contributed by atoms with E-state index in [1.165, 1.54) is 23.1 Å². The van der Waals surface area contributed by atoms with Crippen LogP contribution in [-0.4, -0.2) is 20.7 Å². The molecule has 23 heavy (non-hydrogen) atoms. The summed E-state index contributed by atoms with van der Waals surface area (Å²) in [6, 6.07) is 13.6. The predicted octanol–water partition coefficient (Wildman–Crippen LogP) is 4.14. The van der Waals surface area contributed by atoms with Crippen molar-refractivity contribution in [3.05, 3.63) is 81.6 Å². The monoisotopic (exact) mass is 346 g/mol. The fraction of sp³-hybridized carbons (Fsp3) is 0.0625. The van der Waals surface area contributed by atoms with Crippen LogP contribution in [0.2, 0.25) is 5.02 Å². The largest absolute Gasteiger partial charge is 0.232 e. The van der Waals surface area contributed by atoms with Crippen LogP contribution in [0.4, 0.5) is 4.39 Å². The Morgan fingerprint density at radius 2 is 1.91 bits per heavy atom. The molecular formula is C16H12ClFN4S. The molecule has 0 N–H and O–H groups in total. The molecule has 2 aromatic carbocycles. The van der Waals surface area contributed by atoms with Gasteiger partial charge in [-0.25, -0.2) is 9.07 Å². The Hall–Kier alpha value is -2.31. The molecule has 0 bridgehead atoms. The zero-order chi connectivity index (χ0) is 16.2. The summed E-state index contributed by atoms with van der Waals surface area (Å²) in [5.74, 6) is -0.286. The Morgan fingerprint density at radius 3 is 2.65 bits per heavy atom. The van der Waals surface area contributed by atoms with Crippen molar-refractivity contribution in [2.75, 3.05) is 0 Å². The van der Waals surface area contributed by atoms with Crippen LogP contribution in [0.5, 0.6) is 0 Å².